The van der Waals surface area contributed by atoms with Crippen molar-refractivity contribution < 1.29 is 9.59 Å². The summed E-state index contributed by atoms with van der Waals surface area (Å²) in [5, 5.41) is 24.8. The Morgan fingerprint density at radius 2 is 1.23 bits per heavy atom. The average Bonchev–Trinajstić information content (AvgIpc) is 3.49. The minimum Gasteiger partial charge on any atom is -0.300 e. The number of amides is 2. The largest absolute Gasteiger partial charge is 0.300 e. The summed E-state index contributed by atoms with van der Waals surface area (Å²) >= 11 is 4.56. The Morgan fingerprint density at radius 3 is 1.66 bits per heavy atom. The van der Waals surface area contributed by atoms with Gasteiger partial charge in [-0.1, -0.05) is 34.8 Å². The lowest BCUT2D eigenvalue weighted by Crippen LogP contribution is -2.14. The van der Waals surface area contributed by atoms with Gasteiger partial charge in [0.15, 0.2) is 0 Å². The third kappa shape index (κ3) is 8.46. The zero-order valence-corrected chi connectivity index (χ0v) is 21.0. The second-order valence-electron chi connectivity index (χ2n) is 7.29. The number of carbonyl (C=O) groups excluding carboxylic acids is 2. The Labute approximate surface area is 214 Å². The summed E-state index contributed by atoms with van der Waals surface area (Å²) in [6.07, 6.45) is 8.73. The maximum absolute atomic E-state index is 12.1. The Morgan fingerprint density at radius 1 is 0.743 bits per heavy atom. The summed E-state index contributed by atoms with van der Waals surface area (Å²) in [6.45, 7) is 0. The fraction of sp³-hybridized carbons (Fsp3) is 0.273. The number of nitrogens with zero attached hydrogens (tertiary/aromatic N) is 6. The SMILES string of the molecule is O=C(Cc1cccnc1)Nc1nnc(CCSCCc2nnc(NC(=O)Cc3cccnc3)s2)s1. The van der Waals surface area contributed by atoms with E-state index in [1.165, 1.54) is 22.7 Å². The van der Waals surface area contributed by atoms with Crippen molar-refractivity contribution in [1.82, 2.24) is 30.4 Å². The summed E-state index contributed by atoms with van der Waals surface area (Å²) < 4.78 is 0. The van der Waals surface area contributed by atoms with Gasteiger partial charge in [-0.05, 0) is 34.8 Å². The number of aryl methyl sites for hydroxylation is 2. The zero-order valence-electron chi connectivity index (χ0n) is 18.6. The van der Waals surface area contributed by atoms with Crippen LogP contribution >= 0.6 is 34.4 Å². The van der Waals surface area contributed by atoms with Gasteiger partial charge in [-0.2, -0.15) is 11.8 Å². The van der Waals surface area contributed by atoms with Crippen LogP contribution in [-0.4, -0.2) is 53.7 Å². The van der Waals surface area contributed by atoms with Gasteiger partial charge in [0.05, 0.1) is 12.8 Å². The van der Waals surface area contributed by atoms with E-state index in [0.29, 0.717) is 10.3 Å². The molecule has 0 bridgehead atoms. The first-order valence-electron chi connectivity index (χ1n) is 10.7. The molecule has 0 aromatic carbocycles. The van der Waals surface area contributed by atoms with Crippen molar-refractivity contribution in [2.75, 3.05) is 22.1 Å². The molecule has 0 atom stereocenters. The van der Waals surface area contributed by atoms with Gasteiger partial charge < -0.3 is 10.6 Å². The molecule has 0 aliphatic carbocycles. The zero-order chi connectivity index (χ0) is 24.3. The van der Waals surface area contributed by atoms with Gasteiger partial charge in [-0.25, -0.2) is 0 Å². The fourth-order valence-electron chi connectivity index (χ4n) is 2.93. The van der Waals surface area contributed by atoms with Crippen molar-refractivity contribution in [2.24, 2.45) is 0 Å². The van der Waals surface area contributed by atoms with E-state index >= 15 is 0 Å². The molecule has 4 aromatic heterocycles. The molecular weight excluding hydrogens is 504 g/mol. The molecule has 13 heteroatoms. The molecule has 0 saturated heterocycles. The molecule has 4 rings (SSSR count). The standard InChI is InChI=1S/C22H22N8O2S3/c31-17(11-15-3-1-7-23-13-15)25-21-29-27-19(34-21)5-9-33-10-6-20-28-30-22(35-20)26-18(32)12-16-4-2-8-24-14-16/h1-4,7-8,13-14H,5-6,9-12H2,(H,25,29,31)(H,26,30,32). The number of hydrogen-bond acceptors (Lipinski definition) is 11. The summed E-state index contributed by atoms with van der Waals surface area (Å²) in [4.78, 5) is 32.3. The van der Waals surface area contributed by atoms with E-state index in [1.54, 1.807) is 48.7 Å². The van der Waals surface area contributed by atoms with Crippen molar-refractivity contribution in [3.8, 4) is 0 Å². The molecule has 4 aromatic rings. The molecule has 0 unspecified atom stereocenters. The molecule has 0 fully saturated rings. The Bertz CT molecular complexity index is 1140. The average molecular weight is 527 g/mol. The first-order valence-corrected chi connectivity index (χ1v) is 13.5. The van der Waals surface area contributed by atoms with E-state index in [-0.39, 0.29) is 24.7 Å². The Balaban J connectivity index is 1.11. The van der Waals surface area contributed by atoms with Gasteiger partial charge in [-0.3, -0.25) is 19.6 Å². The normalized spacial score (nSPS) is 10.7. The molecule has 2 N–H and O–H groups in total. The van der Waals surface area contributed by atoms with Crippen LogP contribution in [0, 0.1) is 0 Å². The van der Waals surface area contributed by atoms with Crippen molar-refractivity contribution in [1.29, 1.82) is 0 Å². The highest BCUT2D eigenvalue weighted by Crippen LogP contribution is 2.20. The predicted octanol–water partition coefficient (Wildman–Crippen LogP) is 3.06. The molecule has 0 aliphatic heterocycles. The summed E-state index contributed by atoms with van der Waals surface area (Å²) in [6, 6.07) is 7.32. The van der Waals surface area contributed by atoms with Gasteiger partial charge in [-0.15, -0.1) is 20.4 Å². The van der Waals surface area contributed by atoms with Crippen LogP contribution in [0.5, 0.6) is 0 Å². The third-order valence-corrected chi connectivity index (χ3v) is 7.30. The fourth-order valence-corrected chi connectivity index (χ4v) is 5.58. The van der Waals surface area contributed by atoms with Gasteiger partial charge in [0.25, 0.3) is 0 Å². The summed E-state index contributed by atoms with van der Waals surface area (Å²) in [5.41, 5.74) is 1.70. The number of nitrogens with one attached hydrogen (secondary N) is 2. The number of hydrogen-bond donors (Lipinski definition) is 2. The van der Waals surface area contributed by atoms with Gasteiger partial charge in [0.2, 0.25) is 22.1 Å². The number of rotatable bonds is 12. The van der Waals surface area contributed by atoms with Gasteiger partial charge in [0.1, 0.15) is 10.0 Å². The molecule has 0 radical (unpaired) electrons. The molecule has 0 aliphatic rings. The third-order valence-electron chi connectivity index (χ3n) is 4.52. The second-order valence-corrected chi connectivity index (χ2v) is 10.6. The topological polar surface area (TPSA) is 136 Å². The van der Waals surface area contributed by atoms with E-state index < -0.39 is 0 Å². The minimum absolute atomic E-state index is 0.139. The quantitative estimate of drug-likeness (QED) is 0.267. The van der Waals surface area contributed by atoms with Crippen LogP contribution in [0.3, 0.4) is 0 Å². The lowest BCUT2D eigenvalue weighted by Gasteiger charge is -2.00. The lowest BCUT2D eigenvalue weighted by atomic mass is 10.2. The molecule has 180 valence electrons. The van der Waals surface area contributed by atoms with Crippen molar-refractivity contribution in [3.05, 3.63) is 70.2 Å². The molecule has 4 heterocycles. The highest BCUT2D eigenvalue weighted by Gasteiger charge is 2.11. The number of aromatic nitrogens is 6. The van der Waals surface area contributed by atoms with E-state index in [9.17, 15) is 9.59 Å². The van der Waals surface area contributed by atoms with Crippen molar-refractivity contribution in [2.45, 2.75) is 25.7 Å². The molecular formula is C22H22N8O2S3. The van der Waals surface area contributed by atoms with E-state index in [4.69, 9.17) is 0 Å². The highest BCUT2D eigenvalue weighted by atomic mass is 32.2. The van der Waals surface area contributed by atoms with Crippen molar-refractivity contribution >= 4 is 56.5 Å². The van der Waals surface area contributed by atoms with Gasteiger partial charge in [0, 0.05) is 37.6 Å². The molecule has 10 nitrogen and oxygen atoms in total. The Kier molecular flexibility index (Phi) is 9.20. The monoisotopic (exact) mass is 526 g/mol. The molecule has 0 spiro atoms. The van der Waals surface area contributed by atoms with Crippen LogP contribution in [0.1, 0.15) is 21.1 Å². The maximum Gasteiger partial charge on any atom is 0.230 e. The second kappa shape index (κ2) is 13.0. The Hall–Kier alpha value is -3.29. The number of anilines is 2. The first kappa shape index (κ1) is 24.8. The van der Waals surface area contributed by atoms with Crippen LogP contribution in [0.15, 0.2) is 49.1 Å². The number of pyridine rings is 2. The predicted molar refractivity (Wildman–Crippen MR) is 138 cm³/mol. The minimum atomic E-state index is -0.139. The highest BCUT2D eigenvalue weighted by molar-refractivity contribution is 7.99. The van der Waals surface area contributed by atoms with Gasteiger partial charge >= 0.3 is 0 Å². The van der Waals surface area contributed by atoms with E-state index in [0.717, 1.165) is 45.5 Å². The van der Waals surface area contributed by atoms with E-state index in [1.807, 2.05) is 12.1 Å². The smallest absolute Gasteiger partial charge is 0.230 e. The lowest BCUT2D eigenvalue weighted by molar-refractivity contribution is -0.116. The van der Waals surface area contributed by atoms with Crippen LogP contribution in [0.2, 0.25) is 0 Å². The number of thioether (sulfide) groups is 1. The van der Waals surface area contributed by atoms with Crippen LogP contribution in [-0.2, 0) is 35.3 Å². The van der Waals surface area contributed by atoms with E-state index in [2.05, 4.69) is 41.0 Å². The first-order chi connectivity index (χ1) is 17.1. The van der Waals surface area contributed by atoms with Crippen LogP contribution < -0.4 is 10.6 Å². The number of carbonyl (C=O) groups is 2. The van der Waals surface area contributed by atoms with Crippen LogP contribution in [0.25, 0.3) is 0 Å². The molecule has 2 amide bonds. The molecule has 0 saturated carbocycles. The maximum atomic E-state index is 12.1. The summed E-state index contributed by atoms with van der Waals surface area (Å²) in [5.74, 6) is 1.48. The molecule has 35 heavy (non-hydrogen) atoms. The van der Waals surface area contributed by atoms with Crippen molar-refractivity contribution in [3.63, 3.8) is 0 Å². The van der Waals surface area contributed by atoms with Crippen LogP contribution in [0.4, 0.5) is 10.3 Å². The summed E-state index contributed by atoms with van der Waals surface area (Å²) in [7, 11) is 0.